The summed E-state index contributed by atoms with van der Waals surface area (Å²) in [7, 11) is 2.33. The van der Waals surface area contributed by atoms with Gasteiger partial charge in [0.1, 0.15) is 12.2 Å². The molecule has 0 saturated heterocycles. The molecule has 0 aromatic heterocycles. The minimum absolute atomic E-state index is 0.985. The van der Waals surface area contributed by atoms with Crippen molar-refractivity contribution in [3.05, 3.63) is 43.0 Å². The van der Waals surface area contributed by atoms with Crippen LogP contribution in [0.2, 0.25) is 0 Å². The van der Waals surface area contributed by atoms with Crippen LogP contribution in [0, 0.1) is 0 Å². The van der Waals surface area contributed by atoms with E-state index in [1.54, 1.807) is 0 Å². The number of benzene rings is 1. The standard InChI is InChI=1S/C19H32N/c1-4-6-7-8-9-10-14-18-20(3,17-5-2)19-15-12-11-13-16-19/h5,11-13,15-16H,2,4,6-10,14,17-18H2,1,3H3/q+1. The van der Waals surface area contributed by atoms with Gasteiger partial charge in [0.05, 0.1) is 13.6 Å². The molecule has 20 heavy (non-hydrogen) atoms. The largest absolute Gasteiger partial charge is 0.290 e. The van der Waals surface area contributed by atoms with Gasteiger partial charge in [0.15, 0.2) is 0 Å². The van der Waals surface area contributed by atoms with Crippen molar-refractivity contribution < 1.29 is 0 Å². The molecule has 1 aromatic rings. The Kier molecular flexibility index (Phi) is 8.29. The van der Waals surface area contributed by atoms with E-state index in [2.05, 4.69) is 50.9 Å². The van der Waals surface area contributed by atoms with Crippen LogP contribution in [0.3, 0.4) is 0 Å². The molecule has 0 radical (unpaired) electrons. The first-order valence-electron chi connectivity index (χ1n) is 8.24. The second kappa shape index (κ2) is 9.77. The molecule has 1 rings (SSSR count). The van der Waals surface area contributed by atoms with E-state index in [1.807, 2.05) is 6.08 Å². The average molecular weight is 274 g/mol. The van der Waals surface area contributed by atoms with Crippen LogP contribution in [-0.2, 0) is 0 Å². The Bertz CT molecular complexity index is 357. The second-order valence-corrected chi connectivity index (χ2v) is 6.05. The lowest BCUT2D eigenvalue weighted by molar-refractivity contribution is 0.349. The zero-order valence-electron chi connectivity index (χ0n) is 13.5. The summed E-state index contributed by atoms with van der Waals surface area (Å²) in [6, 6.07) is 10.9. The van der Waals surface area contributed by atoms with E-state index in [0.717, 1.165) is 11.0 Å². The Labute approximate surface area is 125 Å². The van der Waals surface area contributed by atoms with Gasteiger partial charge in [-0.15, -0.1) is 0 Å². The lowest BCUT2D eigenvalue weighted by atomic mass is 10.1. The van der Waals surface area contributed by atoms with Crippen LogP contribution in [0.1, 0.15) is 51.9 Å². The van der Waals surface area contributed by atoms with Gasteiger partial charge in [-0.25, -0.2) is 0 Å². The van der Waals surface area contributed by atoms with Crippen molar-refractivity contribution in [2.75, 3.05) is 20.1 Å². The maximum atomic E-state index is 3.93. The summed E-state index contributed by atoms with van der Waals surface area (Å²) in [5.41, 5.74) is 1.40. The minimum Gasteiger partial charge on any atom is -0.290 e. The number of unbranched alkanes of at least 4 members (excludes halogenated alkanes) is 6. The van der Waals surface area contributed by atoms with Gasteiger partial charge in [0, 0.05) is 0 Å². The summed E-state index contributed by atoms with van der Waals surface area (Å²) in [6.07, 6.45) is 11.7. The molecule has 0 heterocycles. The van der Waals surface area contributed by atoms with Crippen LogP contribution in [0.15, 0.2) is 43.0 Å². The van der Waals surface area contributed by atoms with E-state index in [4.69, 9.17) is 0 Å². The third-order valence-electron chi connectivity index (χ3n) is 4.17. The maximum absolute atomic E-state index is 3.93. The van der Waals surface area contributed by atoms with Crippen molar-refractivity contribution in [3.63, 3.8) is 0 Å². The quantitative estimate of drug-likeness (QED) is 0.281. The number of quaternary nitrogens is 1. The predicted octanol–water partition coefficient (Wildman–Crippen LogP) is 5.56. The highest BCUT2D eigenvalue weighted by Gasteiger charge is 2.22. The summed E-state index contributed by atoms with van der Waals surface area (Å²) in [5, 5.41) is 0. The summed E-state index contributed by atoms with van der Waals surface area (Å²) in [4.78, 5) is 0. The van der Waals surface area contributed by atoms with Crippen molar-refractivity contribution in [2.24, 2.45) is 0 Å². The molecule has 0 bridgehead atoms. The molecule has 1 atom stereocenters. The Balaban J connectivity index is 2.38. The molecule has 112 valence electrons. The molecule has 0 N–H and O–H groups in total. The first-order valence-corrected chi connectivity index (χ1v) is 8.24. The molecular formula is C19H32N+. The third-order valence-corrected chi connectivity index (χ3v) is 4.17. The summed E-state index contributed by atoms with van der Waals surface area (Å²) in [5.74, 6) is 0. The Hall–Kier alpha value is -1.08. The first-order chi connectivity index (χ1) is 9.73. The van der Waals surface area contributed by atoms with Crippen molar-refractivity contribution in [3.8, 4) is 0 Å². The maximum Gasteiger partial charge on any atom is 0.132 e. The fraction of sp³-hybridized carbons (Fsp3) is 0.579. The fourth-order valence-corrected chi connectivity index (χ4v) is 2.82. The highest BCUT2D eigenvalue weighted by Crippen LogP contribution is 2.22. The minimum atomic E-state index is 0.985. The van der Waals surface area contributed by atoms with E-state index in [-0.39, 0.29) is 0 Å². The molecule has 1 nitrogen and oxygen atoms in total. The van der Waals surface area contributed by atoms with Crippen molar-refractivity contribution in [2.45, 2.75) is 51.9 Å². The monoisotopic (exact) mass is 274 g/mol. The van der Waals surface area contributed by atoms with Crippen LogP contribution in [0.25, 0.3) is 0 Å². The fourth-order valence-electron chi connectivity index (χ4n) is 2.82. The molecule has 0 aliphatic rings. The summed E-state index contributed by atoms with van der Waals surface area (Å²) < 4.78 is 0.985. The predicted molar refractivity (Wildman–Crippen MR) is 92.1 cm³/mol. The lowest BCUT2D eigenvalue weighted by Crippen LogP contribution is -2.46. The van der Waals surface area contributed by atoms with Gasteiger partial charge < -0.3 is 0 Å². The van der Waals surface area contributed by atoms with Gasteiger partial charge in [-0.05, 0) is 31.1 Å². The molecule has 1 aromatic carbocycles. The number of hydrogen-bond acceptors (Lipinski definition) is 0. The highest BCUT2D eigenvalue weighted by atomic mass is 15.3. The van der Waals surface area contributed by atoms with Crippen molar-refractivity contribution in [1.82, 2.24) is 4.48 Å². The number of likely N-dealkylation sites (N-methyl/N-ethyl adjacent to an activating group) is 1. The molecule has 0 aliphatic heterocycles. The number of hydrogen-bond donors (Lipinski definition) is 0. The summed E-state index contributed by atoms with van der Waals surface area (Å²) >= 11 is 0. The smallest absolute Gasteiger partial charge is 0.132 e. The van der Waals surface area contributed by atoms with Crippen LogP contribution >= 0.6 is 0 Å². The number of nitrogens with zero attached hydrogens (tertiary/aromatic N) is 1. The van der Waals surface area contributed by atoms with Gasteiger partial charge in [-0.1, -0.05) is 63.8 Å². The Morgan fingerprint density at radius 1 is 0.950 bits per heavy atom. The molecule has 1 unspecified atom stereocenters. The molecule has 1 heteroatoms. The van der Waals surface area contributed by atoms with Gasteiger partial charge in [-0.2, -0.15) is 0 Å². The Morgan fingerprint density at radius 2 is 1.55 bits per heavy atom. The molecule has 0 saturated carbocycles. The zero-order valence-corrected chi connectivity index (χ0v) is 13.5. The van der Waals surface area contributed by atoms with Gasteiger partial charge >= 0.3 is 0 Å². The zero-order chi connectivity index (χ0) is 14.7. The van der Waals surface area contributed by atoms with E-state index in [1.165, 1.54) is 57.2 Å². The van der Waals surface area contributed by atoms with Gasteiger partial charge in [0.25, 0.3) is 0 Å². The summed E-state index contributed by atoms with van der Waals surface area (Å²) in [6.45, 7) is 8.44. The van der Waals surface area contributed by atoms with E-state index < -0.39 is 0 Å². The normalized spacial score (nSPS) is 13.9. The Morgan fingerprint density at radius 3 is 2.15 bits per heavy atom. The highest BCUT2D eigenvalue weighted by molar-refractivity contribution is 5.42. The SMILES string of the molecule is C=CC[N+](C)(CCCCCCCCC)c1ccccc1. The van der Waals surface area contributed by atoms with Gasteiger partial charge in [-0.3, -0.25) is 4.48 Å². The second-order valence-electron chi connectivity index (χ2n) is 6.05. The topological polar surface area (TPSA) is 0 Å². The average Bonchev–Trinajstić information content (AvgIpc) is 2.47. The number of para-hydroxylation sites is 1. The third kappa shape index (κ3) is 5.92. The lowest BCUT2D eigenvalue weighted by Gasteiger charge is -2.33. The molecular weight excluding hydrogens is 242 g/mol. The van der Waals surface area contributed by atoms with Crippen molar-refractivity contribution in [1.29, 1.82) is 0 Å². The van der Waals surface area contributed by atoms with Crippen LogP contribution < -0.4 is 4.48 Å². The van der Waals surface area contributed by atoms with E-state index in [0.29, 0.717) is 0 Å². The van der Waals surface area contributed by atoms with Crippen LogP contribution in [0.4, 0.5) is 5.69 Å². The molecule has 0 aliphatic carbocycles. The van der Waals surface area contributed by atoms with Crippen LogP contribution in [0.5, 0.6) is 0 Å². The van der Waals surface area contributed by atoms with E-state index >= 15 is 0 Å². The van der Waals surface area contributed by atoms with E-state index in [9.17, 15) is 0 Å². The molecule has 0 spiro atoms. The first kappa shape index (κ1) is 17.0. The number of rotatable bonds is 11. The van der Waals surface area contributed by atoms with Crippen molar-refractivity contribution >= 4 is 5.69 Å². The van der Waals surface area contributed by atoms with Gasteiger partial charge in [0.2, 0.25) is 0 Å². The molecule has 0 amide bonds. The molecule has 0 fully saturated rings. The van der Waals surface area contributed by atoms with Crippen LogP contribution in [-0.4, -0.2) is 20.1 Å².